The Morgan fingerprint density at radius 2 is 1.25 bits per heavy atom. The number of allylic oxidation sites excluding steroid dienone is 5. The molecule has 1 aromatic carbocycles. The van der Waals surface area contributed by atoms with Crippen LogP contribution < -0.4 is 0 Å². The van der Waals surface area contributed by atoms with Crippen molar-refractivity contribution in [2.75, 3.05) is 0 Å². The van der Waals surface area contributed by atoms with Crippen LogP contribution in [0.1, 0.15) is 80.4 Å². The highest BCUT2D eigenvalue weighted by atomic mass is 14.3. The van der Waals surface area contributed by atoms with Crippen molar-refractivity contribution in [3.05, 3.63) is 71.8 Å². The molecule has 24 heavy (non-hydrogen) atoms. The van der Waals surface area contributed by atoms with Crippen LogP contribution in [0.2, 0.25) is 0 Å². The molecular weight excluding hydrogens is 288 g/mol. The number of hydrogen-bond donors (Lipinski definition) is 0. The van der Waals surface area contributed by atoms with Crippen molar-refractivity contribution in [2.24, 2.45) is 0 Å². The zero-order valence-corrected chi connectivity index (χ0v) is 17.8. The zero-order chi connectivity index (χ0) is 19.4. The third-order valence-corrected chi connectivity index (χ3v) is 3.88. The highest BCUT2D eigenvalue weighted by molar-refractivity contribution is 5.42. The lowest BCUT2D eigenvalue weighted by Crippen LogP contribution is -2.20. The van der Waals surface area contributed by atoms with Crippen molar-refractivity contribution in [1.29, 1.82) is 0 Å². The second-order valence-electron chi connectivity index (χ2n) is 6.80. The fraction of sp³-hybridized carbons (Fsp3) is 0.500. The molecule has 0 N–H and O–H groups in total. The van der Waals surface area contributed by atoms with E-state index in [4.69, 9.17) is 0 Å². The van der Waals surface area contributed by atoms with Gasteiger partial charge in [0.15, 0.2) is 0 Å². The Balaban J connectivity index is 0. The first-order valence-corrected chi connectivity index (χ1v) is 9.30. The fourth-order valence-electron chi connectivity index (χ4n) is 2.28. The lowest BCUT2D eigenvalue weighted by atomic mass is 9.76. The van der Waals surface area contributed by atoms with Gasteiger partial charge in [0, 0.05) is 5.41 Å². The van der Waals surface area contributed by atoms with Crippen LogP contribution in [0.3, 0.4) is 0 Å². The standard InChI is InChI=1S/C20H28.2C2H6/c1-8-10-11-16(9-2)20(6,7)18-14-12-17(13-15-18)19(3,4)5;2*1-2/h8-15H,2H2,1,3-7H3;2*1-2H3/b10-8-,16-11+;;. The topological polar surface area (TPSA) is 0 Å². The Morgan fingerprint density at radius 1 is 0.833 bits per heavy atom. The van der Waals surface area contributed by atoms with Gasteiger partial charge in [-0.05, 0) is 29.0 Å². The van der Waals surface area contributed by atoms with Gasteiger partial charge >= 0.3 is 0 Å². The first kappa shape index (κ1) is 24.7. The molecule has 0 atom stereocenters. The SMILES string of the molecule is C=C/C(=C\C=C/C)C(C)(C)c1ccc(C(C)(C)C)cc1.CC.CC. The van der Waals surface area contributed by atoms with Gasteiger partial charge in [-0.15, -0.1) is 0 Å². The van der Waals surface area contributed by atoms with E-state index in [1.807, 2.05) is 46.8 Å². The molecule has 0 unspecified atom stereocenters. The third-order valence-electron chi connectivity index (χ3n) is 3.88. The van der Waals surface area contributed by atoms with Gasteiger partial charge in [0.2, 0.25) is 0 Å². The molecule has 1 rings (SSSR count). The van der Waals surface area contributed by atoms with Crippen molar-refractivity contribution < 1.29 is 0 Å². The first-order valence-electron chi connectivity index (χ1n) is 9.30. The van der Waals surface area contributed by atoms with E-state index in [1.54, 1.807) is 0 Å². The Kier molecular flexibility index (Phi) is 12.2. The van der Waals surface area contributed by atoms with Crippen LogP contribution in [-0.2, 0) is 10.8 Å². The monoisotopic (exact) mass is 328 g/mol. The summed E-state index contributed by atoms with van der Waals surface area (Å²) in [5.41, 5.74) is 4.09. The van der Waals surface area contributed by atoms with Gasteiger partial charge in [0.05, 0.1) is 0 Å². The summed E-state index contributed by atoms with van der Waals surface area (Å²) in [6.45, 7) is 25.2. The van der Waals surface area contributed by atoms with Crippen molar-refractivity contribution in [2.45, 2.75) is 80.1 Å². The number of benzene rings is 1. The van der Waals surface area contributed by atoms with Crippen molar-refractivity contribution in [3.63, 3.8) is 0 Å². The Bertz CT molecular complexity index is 502. The second-order valence-corrected chi connectivity index (χ2v) is 6.80. The molecular formula is C24H40. The molecule has 0 heterocycles. The Morgan fingerprint density at radius 3 is 1.58 bits per heavy atom. The minimum atomic E-state index is -0.0301. The summed E-state index contributed by atoms with van der Waals surface area (Å²) in [4.78, 5) is 0. The molecule has 0 bridgehead atoms. The maximum Gasteiger partial charge on any atom is 0.0146 e. The fourth-order valence-corrected chi connectivity index (χ4v) is 2.28. The van der Waals surface area contributed by atoms with Crippen molar-refractivity contribution in [1.82, 2.24) is 0 Å². The summed E-state index contributed by atoms with van der Waals surface area (Å²) in [6.07, 6.45) is 8.22. The summed E-state index contributed by atoms with van der Waals surface area (Å²) in [7, 11) is 0. The smallest absolute Gasteiger partial charge is 0.0146 e. The third kappa shape index (κ3) is 7.34. The average molecular weight is 329 g/mol. The number of rotatable bonds is 4. The van der Waals surface area contributed by atoms with E-state index in [1.165, 1.54) is 16.7 Å². The Hall–Kier alpha value is -1.56. The molecule has 0 heteroatoms. The van der Waals surface area contributed by atoms with E-state index < -0.39 is 0 Å². The van der Waals surface area contributed by atoms with Crippen LogP contribution in [0.4, 0.5) is 0 Å². The van der Waals surface area contributed by atoms with Crippen LogP contribution in [0.25, 0.3) is 0 Å². The van der Waals surface area contributed by atoms with Crippen molar-refractivity contribution in [3.8, 4) is 0 Å². The van der Waals surface area contributed by atoms with Crippen LogP contribution in [-0.4, -0.2) is 0 Å². The molecule has 0 aromatic heterocycles. The van der Waals surface area contributed by atoms with E-state index >= 15 is 0 Å². The van der Waals surface area contributed by atoms with Gasteiger partial charge in [-0.2, -0.15) is 0 Å². The molecule has 0 spiro atoms. The maximum atomic E-state index is 3.96. The van der Waals surface area contributed by atoms with Gasteiger partial charge in [0.1, 0.15) is 0 Å². The number of hydrogen-bond acceptors (Lipinski definition) is 0. The molecule has 0 aliphatic rings. The van der Waals surface area contributed by atoms with E-state index in [2.05, 4.69) is 77.6 Å². The van der Waals surface area contributed by atoms with Gasteiger partial charge in [-0.1, -0.05) is 117 Å². The first-order chi connectivity index (χ1) is 11.2. The average Bonchev–Trinajstić information content (AvgIpc) is 2.58. The van der Waals surface area contributed by atoms with Crippen LogP contribution >= 0.6 is 0 Å². The molecule has 136 valence electrons. The highest BCUT2D eigenvalue weighted by Crippen LogP contribution is 2.33. The molecule has 0 aliphatic carbocycles. The summed E-state index contributed by atoms with van der Waals surface area (Å²) in [6, 6.07) is 8.97. The molecule has 0 saturated carbocycles. The van der Waals surface area contributed by atoms with Gasteiger partial charge in [0.25, 0.3) is 0 Å². The van der Waals surface area contributed by atoms with E-state index in [0.717, 1.165) is 0 Å². The van der Waals surface area contributed by atoms with Crippen LogP contribution in [0, 0.1) is 0 Å². The summed E-state index contributed by atoms with van der Waals surface area (Å²) in [5, 5.41) is 0. The summed E-state index contributed by atoms with van der Waals surface area (Å²) >= 11 is 0. The molecule has 1 aromatic rings. The predicted octanol–water partition coefficient (Wildman–Crippen LogP) is 8.00. The lowest BCUT2D eigenvalue weighted by molar-refractivity contribution is 0.587. The molecule has 0 saturated heterocycles. The molecule has 0 fully saturated rings. The van der Waals surface area contributed by atoms with E-state index in [0.29, 0.717) is 0 Å². The maximum absolute atomic E-state index is 3.96. The molecule has 0 aliphatic heterocycles. The summed E-state index contributed by atoms with van der Waals surface area (Å²) in [5.74, 6) is 0. The van der Waals surface area contributed by atoms with E-state index in [-0.39, 0.29) is 10.8 Å². The van der Waals surface area contributed by atoms with Gasteiger partial charge < -0.3 is 0 Å². The largest absolute Gasteiger partial charge is 0.0988 e. The lowest BCUT2D eigenvalue weighted by Gasteiger charge is -2.28. The molecule has 0 amide bonds. The Labute approximate surface area is 152 Å². The highest BCUT2D eigenvalue weighted by Gasteiger charge is 2.24. The summed E-state index contributed by atoms with van der Waals surface area (Å²) < 4.78 is 0. The normalized spacial score (nSPS) is 12.0. The molecule has 0 nitrogen and oxygen atoms in total. The quantitative estimate of drug-likeness (QED) is 0.491. The minimum absolute atomic E-state index is 0.0301. The predicted molar refractivity (Wildman–Crippen MR) is 114 cm³/mol. The minimum Gasteiger partial charge on any atom is -0.0988 e. The molecule has 0 radical (unpaired) electrons. The van der Waals surface area contributed by atoms with Gasteiger partial charge in [-0.25, -0.2) is 0 Å². The van der Waals surface area contributed by atoms with Crippen LogP contribution in [0.15, 0.2) is 60.7 Å². The van der Waals surface area contributed by atoms with Gasteiger partial charge in [-0.3, -0.25) is 0 Å². The zero-order valence-electron chi connectivity index (χ0n) is 17.8. The van der Waals surface area contributed by atoms with E-state index in [9.17, 15) is 0 Å². The van der Waals surface area contributed by atoms with Crippen molar-refractivity contribution >= 4 is 0 Å². The van der Waals surface area contributed by atoms with Crippen LogP contribution in [0.5, 0.6) is 0 Å². The second kappa shape index (κ2) is 11.9.